The smallest absolute Gasteiger partial charge is 0.255 e. The van der Waals surface area contributed by atoms with Crippen molar-refractivity contribution in [3.05, 3.63) is 120 Å². The Bertz CT molecular complexity index is 1400. The first kappa shape index (κ1) is 19.6. The van der Waals surface area contributed by atoms with Crippen molar-refractivity contribution in [2.24, 2.45) is 4.99 Å². The zero-order chi connectivity index (χ0) is 21.9. The molecule has 5 aromatic rings. The van der Waals surface area contributed by atoms with E-state index in [0.29, 0.717) is 11.3 Å². The molecule has 0 aromatic heterocycles. The van der Waals surface area contributed by atoms with E-state index in [-0.39, 0.29) is 11.7 Å². The van der Waals surface area contributed by atoms with E-state index in [9.17, 15) is 9.18 Å². The molecule has 0 radical (unpaired) electrons. The van der Waals surface area contributed by atoms with Gasteiger partial charge in [0, 0.05) is 23.0 Å². The summed E-state index contributed by atoms with van der Waals surface area (Å²) in [5.41, 5.74) is 2.90. The second-order valence-electron chi connectivity index (χ2n) is 7.50. The van der Waals surface area contributed by atoms with E-state index in [0.717, 1.165) is 22.0 Å². The molecular weight excluding hydrogens is 399 g/mol. The number of carbonyl (C=O) groups is 1. The zero-order valence-corrected chi connectivity index (χ0v) is 17.1. The Balaban J connectivity index is 1.41. The van der Waals surface area contributed by atoms with Crippen LogP contribution in [0.1, 0.15) is 15.9 Å². The van der Waals surface area contributed by atoms with Crippen LogP contribution in [0, 0.1) is 5.82 Å². The maximum atomic E-state index is 13.0. The molecular formula is C28H19FN2O. The summed E-state index contributed by atoms with van der Waals surface area (Å²) in [6.07, 6.45) is 1.90. The monoisotopic (exact) mass is 418 g/mol. The number of anilines is 1. The molecule has 0 atom stereocenters. The van der Waals surface area contributed by atoms with Crippen molar-refractivity contribution in [1.29, 1.82) is 0 Å². The summed E-state index contributed by atoms with van der Waals surface area (Å²) in [7, 11) is 0. The maximum Gasteiger partial charge on any atom is 0.255 e. The van der Waals surface area contributed by atoms with Gasteiger partial charge in [-0.15, -0.1) is 0 Å². The fourth-order valence-electron chi connectivity index (χ4n) is 3.76. The van der Waals surface area contributed by atoms with E-state index in [1.807, 2.05) is 42.6 Å². The molecule has 0 saturated carbocycles. The van der Waals surface area contributed by atoms with Crippen LogP contribution < -0.4 is 5.32 Å². The van der Waals surface area contributed by atoms with Gasteiger partial charge in [0.05, 0.1) is 5.69 Å². The summed E-state index contributed by atoms with van der Waals surface area (Å²) in [5.74, 6) is -0.661. The molecule has 1 N–H and O–H groups in total. The molecule has 0 bridgehead atoms. The lowest BCUT2D eigenvalue weighted by atomic mass is 9.97. The van der Waals surface area contributed by atoms with Crippen LogP contribution in [0.25, 0.3) is 21.5 Å². The van der Waals surface area contributed by atoms with Gasteiger partial charge in [-0.2, -0.15) is 0 Å². The minimum Gasteiger partial charge on any atom is -0.322 e. The quantitative estimate of drug-likeness (QED) is 0.245. The minimum absolute atomic E-state index is 0.288. The molecule has 5 rings (SSSR count). The number of benzene rings is 5. The molecule has 0 unspecified atom stereocenters. The van der Waals surface area contributed by atoms with E-state index in [4.69, 9.17) is 0 Å². The number of hydrogen-bond donors (Lipinski definition) is 1. The molecule has 3 nitrogen and oxygen atoms in total. The van der Waals surface area contributed by atoms with Gasteiger partial charge < -0.3 is 5.32 Å². The minimum atomic E-state index is -0.372. The van der Waals surface area contributed by atoms with Crippen molar-refractivity contribution in [3.63, 3.8) is 0 Å². The molecule has 32 heavy (non-hydrogen) atoms. The van der Waals surface area contributed by atoms with E-state index in [1.54, 1.807) is 12.1 Å². The third-order valence-corrected chi connectivity index (χ3v) is 5.39. The van der Waals surface area contributed by atoms with E-state index in [2.05, 4.69) is 40.6 Å². The number of aliphatic imine (C=N–C) groups is 1. The highest BCUT2D eigenvalue weighted by molar-refractivity contribution is 6.13. The summed E-state index contributed by atoms with van der Waals surface area (Å²) in [6.45, 7) is 0. The summed E-state index contributed by atoms with van der Waals surface area (Å²) >= 11 is 0. The molecule has 0 aliphatic rings. The number of nitrogens with zero attached hydrogens (tertiary/aromatic N) is 1. The Labute approximate surface area is 184 Å². The predicted molar refractivity (Wildman–Crippen MR) is 130 cm³/mol. The summed E-state index contributed by atoms with van der Waals surface area (Å²) < 4.78 is 13.0. The molecule has 0 heterocycles. The van der Waals surface area contributed by atoms with Gasteiger partial charge in [-0.25, -0.2) is 4.39 Å². The molecule has 0 saturated heterocycles. The molecule has 0 spiro atoms. The Morgan fingerprint density at radius 1 is 0.750 bits per heavy atom. The van der Waals surface area contributed by atoms with Gasteiger partial charge >= 0.3 is 0 Å². The fourth-order valence-corrected chi connectivity index (χ4v) is 3.76. The van der Waals surface area contributed by atoms with Crippen LogP contribution in [0.3, 0.4) is 0 Å². The lowest BCUT2D eigenvalue weighted by molar-refractivity contribution is 0.102. The van der Waals surface area contributed by atoms with E-state index >= 15 is 0 Å². The van der Waals surface area contributed by atoms with Crippen LogP contribution >= 0.6 is 0 Å². The average Bonchev–Trinajstić information content (AvgIpc) is 2.83. The Kier molecular flexibility index (Phi) is 5.18. The second-order valence-corrected chi connectivity index (χ2v) is 7.50. The highest BCUT2D eigenvalue weighted by Gasteiger charge is 2.07. The van der Waals surface area contributed by atoms with Crippen LogP contribution in [-0.2, 0) is 0 Å². The fraction of sp³-hybridized carbons (Fsp3) is 0. The van der Waals surface area contributed by atoms with Gasteiger partial charge in [-0.05, 0) is 76.1 Å². The molecule has 5 aromatic carbocycles. The number of amides is 1. The van der Waals surface area contributed by atoms with Crippen LogP contribution in [0.15, 0.2) is 108 Å². The van der Waals surface area contributed by atoms with Crippen LogP contribution in [0.4, 0.5) is 15.8 Å². The third-order valence-electron chi connectivity index (χ3n) is 5.39. The zero-order valence-electron chi connectivity index (χ0n) is 17.1. The Morgan fingerprint density at radius 3 is 1.97 bits per heavy atom. The normalized spacial score (nSPS) is 11.3. The molecule has 4 heteroatoms. The molecule has 0 aliphatic carbocycles. The standard InChI is InChI=1S/C28H19FN2O/c29-22-11-9-19(10-12-22)28(32)31-24-15-13-23(14-16-24)30-18-27-25-7-3-1-5-20(25)17-21-6-2-4-8-26(21)27/h1-18H,(H,31,32). The van der Waals surface area contributed by atoms with Crippen molar-refractivity contribution in [2.75, 3.05) is 5.32 Å². The second kappa shape index (κ2) is 8.44. The highest BCUT2D eigenvalue weighted by atomic mass is 19.1. The van der Waals surface area contributed by atoms with Gasteiger partial charge in [-0.1, -0.05) is 48.5 Å². The van der Waals surface area contributed by atoms with Crippen molar-refractivity contribution >= 4 is 45.0 Å². The number of halogens is 1. The van der Waals surface area contributed by atoms with E-state index < -0.39 is 0 Å². The topological polar surface area (TPSA) is 41.5 Å². The molecule has 0 aliphatic heterocycles. The van der Waals surface area contributed by atoms with Crippen molar-refractivity contribution in [3.8, 4) is 0 Å². The first-order chi connectivity index (χ1) is 15.7. The number of carbonyl (C=O) groups excluding carboxylic acids is 1. The summed E-state index contributed by atoms with van der Waals surface area (Å²) in [6, 6.07) is 31.5. The summed E-state index contributed by atoms with van der Waals surface area (Å²) in [4.78, 5) is 17.0. The van der Waals surface area contributed by atoms with Gasteiger partial charge in [0.15, 0.2) is 0 Å². The predicted octanol–water partition coefficient (Wildman–Crippen LogP) is 7.14. The molecule has 0 fully saturated rings. The van der Waals surface area contributed by atoms with Crippen molar-refractivity contribution in [1.82, 2.24) is 0 Å². The first-order valence-electron chi connectivity index (χ1n) is 10.3. The molecule has 1 amide bonds. The maximum absolute atomic E-state index is 13.0. The number of nitrogens with one attached hydrogen (secondary N) is 1. The van der Waals surface area contributed by atoms with Gasteiger partial charge in [0.25, 0.3) is 5.91 Å². The van der Waals surface area contributed by atoms with Crippen LogP contribution in [0.2, 0.25) is 0 Å². The Morgan fingerprint density at radius 2 is 1.34 bits per heavy atom. The highest BCUT2D eigenvalue weighted by Crippen LogP contribution is 2.28. The third kappa shape index (κ3) is 3.98. The largest absolute Gasteiger partial charge is 0.322 e. The van der Waals surface area contributed by atoms with Crippen LogP contribution in [0.5, 0.6) is 0 Å². The van der Waals surface area contributed by atoms with Gasteiger partial charge in [-0.3, -0.25) is 9.79 Å². The van der Waals surface area contributed by atoms with Gasteiger partial charge in [0.2, 0.25) is 0 Å². The lowest BCUT2D eigenvalue weighted by Gasteiger charge is -2.08. The average molecular weight is 418 g/mol. The summed E-state index contributed by atoms with van der Waals surface area (Å²) in [5, 5.41) is 7.46. The van der Waals surface area contributed by atoms with Crippen LogP contribution in [-0.4, -0.2) is 12.1 Å². The van der Waals surface area contributed by atoms with Crippen molar-refractivity contribution in [2.45, 2.75) is 0 Å². The first-order valence-corrected chi connectivity index (χ1v) is 10.3. The number of fused-ring (bicyclic) bond motifs is 2. The Hall–Kier alpha value is -4.31. The number of rotatable bonds is 4. The molecule has 154 valence electrons. The van der Waals surface area contributed by atoms with E-state index in [1.165, 1.54) is 35.0 Å². The van der Waals surface area contributed by atoms with Crippen molar-refractivity contribution < 1.29 is 9.18 Å². The SMILES string of the molecule is O=C(Nc1ccc(N=Cc2c3ccccc3cc3ccccc23)cc1)c1ccc(F)cc1. The van der Waals surface area contributed by atoms with Gasteiger partial charge in [0.1, 0.15) is 5.82 Å². The lowest BCUT2D eigenvalue weighted by Crippen LogP contribution is -2.11. The number of hydrogen-bond acceptors (Lipinski definition) is 2.